The minimum absolute atomic E-state index is 0.0192. The highest BCUT2D eigenvalue weighted by molar-refractivity contribution is 7.99. The molecule has 2 aromatic rings. The van der Waals surface area contributed by atoms with Crippen LogP contribution >= 0.6 is 11.8 Å². The van der Waals surface area contributed by atoms with E-state index < -0.39 is 4.92 Å². The van der Waals surface area contributed by atoms with E-state index in [1.54, 1.807) is 24.1 Å². The molecule has 0 atom stereocenters. The van der Waals surface area contributed by atoms with Crippen molar-refractivity contribution in [3.8, 4) is 5.75 Å². The van der Waals surface area contributed by atoms with Crippen LogP contribution in [0.4, 0.5) is 11.4 Å². The summed E-state index contributed by atoms with van der Waals surface area (Å²) in [6, 6.07) is 14.2. The predicted molar refractivity (Wildman–Crippen MR) is 95.7 cm³/mol. The van der Waals surface area contributed by atoms with Crippen molar-refractivity contribution in [1.29, 1.82) is 0 Å². The lowest BCUT2D eigenvalue weighted by Gasteiger charge is -2.16. The van der Waals surface area contributed by atoms with Crippen molar-refractivity contribution in [1.82, 2.24) is 0 Å². The second kappa shape index (κ2) is 8.35. The maximum absolute atomic E-state index is 12.2. The summed E-state index contributed by atoms with van der Waals surface area (Å²) in [5.41, 5.74) is 1.55. The normalized spacial score (nSPS) is 10.2. The number of amides is 1. The average Bonchev–Trinajstić information content (AvgIpc) is 2.61. The molecule has 0 saturated heterocycles. The van der Waals surface area contributed by atoms with E-state index in [1.165, 1.54) is 24.9 Å². The van der Waals surface area contributed by atoms with Crippen molar-refractivity contribution in [3.63, 3.8) is 0 Å². The lowest BCUT2D eigenvalue weighted by atomic mass is 10.2. The lowest BCUT2D eigenvalue weighted by molar-refractivity contribution is -0.385. The minimum Gasteiger partial charge on any atom is -0.490 e. The van der Waals surface area contributed by atoms with Gasteiger partial charge in [-0.15, -0.1) is 11.8 Å². The van der Waals surface area contributed by atoms with Crippen LogP contribution in [0.5, 0.6) is 5.75 Å². The third-order valence-electron chi connectivity index (χ3n) is 3.45. The number of rotatable bonds is 7. The van der Waals surface area contributed by atoms with Crippen molar-refractivity contribution in [2.75, 3.05) is 24.8 Å². The zero-order chi connectivity index (χ0) is 17.5. The summed E-state index contributed by atoms with van der Waals surface area (Å²) in [5, 5.41) is 11.0. The minimum atomic E-state index is -0.471. The van der Waals surface area contributed by atoms with Crippen LogP contribution < -0.4 is 9.64 Å². The number of para-hydroxylation sites is 1. The number of hydrogen-bond acceptors (Lipinski definition) is 5. The van der Waals surface area contributed by atoms with Crippen molar-refractivity contribution in [2.45, 2.75) is 5.75 Å². The smallest absolute Gasteiger partial charge is 0.311 e. The molecule has 2 aromatic carbocycles. The van der Waals surface area contributed by atoms with E-state index >= 15 is 0 Å². The Bertz CT molecular complexity index is 722. The van der Waals surface area contributed by atoms with Gasteiger partial charge in [0.25, 0.3) is 0 Å². The molecule has 7 heteroatoms. The third-order valence-corrected chi connectivity index (χ3v) is 4.44. The molecule has 0 aromatic heterocycles. The second-order valence-electron chi connectivity index (χ2n) is 5.04. The fourth-order valence-electron chi connectivity index (χ4n) is 2.12. The number of thioether (sulfide) groups is 1. The van der Waals surface area contributed by atoms with Crippen molar-refractivity contribution in [3.05, 3.63) is 64.2 Å². The molecule has 0 aliphatic rings. The molecule has 0 spiro atoms. The standard InChI is InChI=1S/C17H18N2O4S/c1-18(14-6-4-3-5-7-14)17(20)12-24-11-13-8-9-16(23-2)15(10-13)19(21)22/h3-10H,11-12H2,1-2H3. The van der Waals surface area contributed by atoms with Gasteiger partial charge in [-0.25, -0.2) is 0 Å². The highest BCUT2D eigenvalue weighted by Gasteiger charge is 2.16. The second-order valence-corrected chi connectivity index (χ2v) is 6.03. The first kappa shape index (κ1) is 17.8. The summed E-state index contributed by atoms with van der Waals surface area (Å²) in [6.45, 7) is 0. The van der Waals surface area contributed by atoms with Crippen LogP contribution in [-0.2, 0) is 10.5 Å². The first-order valence-electron chi connectivity index (χ1n) is 7.23. The number of hydrogen-bond donors (Lipinski definition) is 0. The first-order valence-corrected chi connectivity index (χ1v) is 8.39. The number of nitrogens with zero attached hydrogens (tertiary/aromatic N) is 2. The molecule has 0 heterocycles. The number of carbonyl (C=O) groups is 1. The Morgan fingerprint density at radius 1 is 1.25 bits per heavy atom. The number of carbonyl (C=O) groups excluding carboxylic acids is 1. The highest BCUT2D eigenvalue weighted by Crippen LogP contribution is 2.29. The maximum Gasteiger partial charge on any atom is 0.311 e. The molecule has 0 saturated carbocycles. The Morgan fingerprint density at radius 3 is 2.58 bits per heavy atom. The van der Waals surface area contributed by atoms with E-state index in [2.05, 4.69) is 0 Å². The first-order chi connectivity index (χ1) is 11.5. The van der Waals surface area contributed by atoms with Gasteiger partial charge < -0.3 is 9.64 Å². The lowest BCUT2D eigenvalue weighted by Crippen LogP contribution is -2.27. The van der Waals surface area contributed by atoms with E-state index in [4.69, 9.17) is 4.74 Å². The van der Waals surface area contributed by atoms with Crippen LogP contribution in [0.2, 0.25) is 0 Å². The van der Waals surface area contributed by atoms with E-state index in [0.717, 1.165) is 11.3 Å². The fraction of sp³-hybridized carbons (Fsp3) is 0.235. The van der Waals surface area contributed by atoms with E-state index in [1.807, 2.05) is 30.3 Å². The van der Waals surface area contributed by atoms with Gasteiger partial charge in [-0.1, -0.05) is 24.3 Å². The van der Waals surface area contributed by atoms with Crippen LogP contribution in [-0.4, -0.2) is 30.7 Å². The Morgan fingerprint density at radius 2 is 1.96 bits per heavy atom. The molecule has 24 heavy (non-hydrogen) atoms. The Labute approximate surface area is 144 Å². The van der Waals surface area contributed by atoms with Gasteiger partial charge in [0.05, 0.1) is 17.8 Å². The number of nitro groups is 1. The van der Waals surface area contributed by atoms with Gasteiger partial charge in [0.15, 0.2) is 5.75 Å². The van der Waals surface area contributed by atoms with Crippen LogP contribution in [0.15, 0.2) is 48.5 Å². The summed E-state index contributed by atoms with van der Waals surface area (Å²) in [7, 11) is 3.13. The van der Waals surface area contributed by atoms with Gasteiger partial charge in [-0.3, -0.25) is 14.9 Å². The monoisotopic (exact) mass is 346 g/mol. The van der Waals surface area contributed by atoms with Crippen LogP contribution in [0.25, 0.3) is 0 Å². The van der Waals surface area contributed by atoms with Crippen molar-refractivity contribution >= 4 is 29.0 Å². The van der Waals surface area contributed by atoms with Crippen LogP contribution in [0.1, 0.15) is 5.56 Å². The Kier molecular flexibility index (Phi) is 6.20. The third kappa shape index (κ3) is 4.48. The number of nitro benzene ring substituents is 1. The summed E-state index contributed by atoms with van der Waals surface area (Å²) >= 11 is 1.42. The molecule has 0 fully saturated rings. The molecule has 0 aliphatic carbocycles. The molecule has 0 aliphatic heterocycles. The average molecular weight is 346 g/mol. The zero-order valence-corrected chi connectivity index (χ0v) is 14.3. The Hall–Kier alpha value is -2.54. The van der Waals surface area contributed by atoms with Crippen molar-refractivity contribution < 1.29 is 14.5 Å². The van der Waals surface area contributed by atoms with E-state index in [0.29, 0.717) is 11.5 Å². The van der Waals surface area contributed by atoms with Gasteiger partial charge in [0.1, 0.15) is 0 Å². The zero-order valence-electron chi connectivity index (χ0n) is 13.5. The highest BCUT2D eigenvalue weighted by atomic mass is 32.2. The van der Waals surface area contributed by atoms with Gasteiger partial charge in [-0.2, -0.15) is 0 Å². The Balaban J connectivity index is 1.93. The molecular formula is C17H18N2O4S. The fourth-order valence-corrected chi connectivity index (χ4v) is 3.00. The van der Waals surface area contributed by atoms with E-state index in [-0.39, 0.29) is 17.3 Å². The number of ether oxygens (including phenoxy) is 1. The number of anilines is 1. The molecule has 1 amide bonds. The van der Waals surface area contributed by atoms with Crippen LogP contribution in [0, 0.1) is 10.1 Å². The number of benzene rings is 2. The predicted octanol–water partition coefficient (Wildman–Crippen LogP) is 3.50. The molecule has 0 radical (unpaired) electrons. The van der Waals surface area contributed by atoms with Gasteiger partial charge in [0.2, 0.25) is 5.91 Å². The summed E-state index contributed by atoms with van der Waals surface area (Å²) in [4.78, 5) is 24.3. The largest absolute Gasteiger partial charge is 0.490 e. The molecular weight excluding hydrogens is 328 g/mol. The van der Waals surface area contributed by atoms with Crippen molar-refractivity contribution in [2.24, 2.45) is 0 Å². The SMILES string of the molecule is COc1ccc(CSCC(=O)N(C)c2ccccc2)cc1[N+](=O)[O-]. The molecule has 2 rings (SSSR count). The van der Waals surface area contributed by atoms with Crippen LogP contribution in [0.3, 0.4) is 0 Å². The molecule has 6 nitrogen and oxygen atoms in total. The maximum atomic E-state index is 12.2. The number of methoxy groups -OCH3 is 1. The van der Waals surface area contributed by atoms with Gasteiger partial charge in [0, 0.05) is 24.6 Å². The quantitative estimate of drug-likeness (QED) is 0.567. The molecule has 0 N–H and O–H groups in total. The molecule has 126 valence electrons. The summed E-state index contributed by atoms with van der Waals surface area (Å²) in [6.07, 6.45) is 0. The molecule has 0 unspecified atom stereocenters. The van der Waals surface area contributed by atoms with Gasteiger partial charge >= 0.3 is 5.69 Å². The molecule has 0 bridgehead atoms. The van der Waals surface area contributed by atoms with Gasteiger partial charge in [-0.05, 0) is 23.8 Å². The van der Waals surface area contributed by atoms with E-state index in [9.17, 15) is 14.9 Å². The summed E-state index contributed by atoms with van der Waals surface area (Å²) in [5.74, 6) is 1.02. The topological polar surface area (TPSA) is 72.7 Å². The summed E-state index contributed by atoms with van der Waals surface area (Å²) < 4.78 is 4.98.